The van der Waals surface area contributed by atoms with E-state index in [1.165, 1.54) is 6.92 Å². The summed E-state index contributed by atoms with van der Waals surface area (Å²) in [7, 11) is 0. The zero-order chi connectivity index (χ0) is 6.41. The molecule has 0 aliphatic carbocycles. The van der Waals surface area contributed by atoms with Crippen molar-refractivity contribution in [1.82, 2.24) is 0 Å². The molecule has 0 aromatic heterocycles. The van der Waals surface area contributed by atoms with Gasteiger partial charge in [0.05, 0.1) is 0 Å². The van der Waals surface area contributed by atoms with Gasteiger partial charge in [0.15, 0.2) is 0 Å². The van der Waals surface area contributed by atoms with Gasteiger partial charge < -0.3 is 9.59 Å². The van der Waals surface area contributed by atoms with E-state index in [1.54, 1.807) is 6.29 Å². The SMILES string of the molecule is CC(=O)CCC[C-]=O.[Ti]. The molecule has 0 radical (unpaired) electrons. The molecule has 2 nitrogen and oxygen atoms in total. The Kier molecular flexibility index (Phi) is 10.6. The number of hydrogen-bond acceptors (Lipinski definition) is 2. The van der Waals surface area contributed by atoms with Crippen molar-refractivity contribution in [2.24, 2.45) is 0 Å². The van der Waals surface area contributed by atoms with Gasteiger partial charge in [-0.3, -0.25) is 6.29 Å². The first-order chi connectivity index (χ1) is 3.77. The molecule has 0 saturated carbocycles. The summed E-state index contributed by atoms with van der Waals surface area (Å²) in [5.41, 5.74) is 0. The van der Waals surface area contributed by atoms with Crippen molar-refractivity contribution in [1.29, 1.82) is 0 Å². The van der Waals surface area contributed by atoms with Crippen LogP contribution in [0.15, 0.2) is 0 Å². The molecule has 0 N–H and O–H groups in total. The monoisotopic (exact) mass is 161 g/mol. The number of carbonyl (C=O) groups excluding carboxylic acids is 2. The maximum absolute atomic E-state index is 10.2. The minimum Gasteiger partial charge on any atom is -0.542 e. The van der Waals surface area contributed by atoms with Gasteiger partial charge in [-0.25, -0.2) is 0 Å². The summed E-state index contributed by atoms with van der Waals surface area (Å²) in [4.78, 5) is 19.7. The molecule has 3 heteroatoms. The van der Waals surface area contributed by atoms with E-state index in [4.69, 9.17) is 0 Å². The van der Waals surface area contributed by atoms with Gasteiger partial charge in [-0.15, -0.1) is 0 Å². The predicted molar refractivity (Wildman–Crippen MR) is 30.2 cm³/mol. The second kappa shape index (κ2) is 8.05. The average molecular weight is 161 g/mol. The molecule has 0 aromatic carbocycles. The Bertz CT molecular complexity index is 91.1. The van der Waals surface area contributed by atoms with Crippen molar-refractivity contribution in [3.8, 4) is 0 Å². The van der Waals surface area contributed by atoms with Crippen molar-refractivity contribution < 1.29 is 31.3 Å². The molecule has 0 saturated heterocycles. The van der Waals surface area contributed by atoms with E-state index < -0.39 is 0 Å². The molecule has 0 aromatic rings. The Morgan fingerprint density at radius 2 is 2.11 bits per heavy atom. The average Bonchev–Trinajstić information content (AvgIpc) is 1.66. The second-order valence-corrected chi connectivity index (χ2v) is 1.70. The molecule has 0 amide bonds. The van der Waals surface area contributed by atoms with Crippen LogP contribution in [-0.4, -0.2) is 12.1 Å². The van der Waals surface area contributed by atoms with Gasteiger partial charge in [0, 0.05) is 28.1 Å². The summed E-state index contributed by atoms with van der Waals surface area (Å²) in [6.45, 7) is 1.52. The first-order valence-electron chi connectivity index (χ1n) is 2.62. The molecule has 0 atom stereocenters. The van der Waals surface area contributed by atoms with Crippen molar-refractivity contribution >= 4 is 12.1 Å². The smallest absolute Gasteiger partial charge is 0.129 e. The third-order valence-corrected chi connectivity index (χ3v) is 0.808. The normalized spacial score (nSPS) is 7.67. The van der Waals surface area contributed by atoms with Crippen molar-refractivity contribution in [2.45, 2.75) is 26.2 Å². The van der Waals surface area contributed by atoms with Crippen LogP contribution in [0.5, 0.6) is 0 Å². The Labute approximate surface area is 69.9 Å². The van der Waals surface area contributed by atoms with Gasteiger partial charge in [0.25, 0.3) is 0 Å². The fourth-order valence-corrected chi connectivity index (χ4v) is 0.410. The molecule has 0 rings (SSSR count). The quantitative estimate of drug-likeness (QED) is 0.348. The van der Waals surface area contributed by atoms with Crippen LogP contribution in [0.25, 0.3) is 0 Å². The maximum Gasteiger partial charge on any atom is 0.129 e. The number of Topliss-reactive ketones (excluding diaryl/α,β-unsaturated/α-hetero) is 1. The topological polar surface area (TPSA) is 34.1 Å². The largest absolute Gasteiger partial charge is 0.542 e. The van der Waals surface area contributed by atoms with Crippen LogP contribution in [0.1, 0.15) is 26.2 Å². The molecule has 9 heavy (non-hydrogen) atoms. The van der Waals surface area contributed by atoms with Gasteiger partial charge in [-0.05, 0) is 6.92 Å². The molecular weight excluding hydrogens is 152 g/mol. The fraction of sp³-hybridized carbons (Fsp3) is 0.667. The third kappa shape index (κ3) is 11.6. The predicted octanol–water partition coefficient (Wildman–Crippen LogP) is 0.853. The molecule has 0 spiro atoms. The van der Waals surface area contributed by atoms with Gasteiger partial charge >= 0.3 is 0 Å². The van der Waals surface area contributed by atoms with Gasteiger partial charge in [-0.2, -0.15) is 6.42 Å². The van der Waals surface area contributed by atoms with E-state index in [-0.39, 0.29) is 27.5 Å². The number of carbonyl (C=O) groups is 1. The van der Waals surface area contributed by atoms with Crippen LogP contribution >= 0.6 is 0 Å². The second-order valence-electron chi connectivity index (χ2n) is 1.70. The summed E-state index contributed by atoms with van der Waals surface area (Å²) < 4.78 is 0. The fourth-order valence-electron chi connectivity index (χ4n) is 0.410. The van der Waals surface area contributed by atoms with E-state index in [9.17, 15) is 9.59 Å². The minimum atomic E-state index is 0. The maximum atomic E-state index is 10.2. The van der Waals surface area contributed by atoms with Crippen LogP contribution in [0.4, 0.5) is 0 Å². The van der Waals surface area contributed by atoms with Gasteiger partial charge in [0.1, 0.15) is 5.78 Å². The van der Waals surface area contributed by atoms with Gasteiger partial charge in [0.2, 0.25) is 0 Å². The summed E-state index contributed by atoms with van der Waals surface area (Å²) in [5.74, 6) is 0.139. The summed E-state index contributed by atoms with van der Waals surface area (Å²) in [6.07, 6.45) is 3.27. The molecule has 0 aliphatic rings. The number of ketones is 1. The molecule has 0 unspecified atom stereocenters. The van der Waals surface area contributed by atoms with E-state index in [0.29, 0.717) is 19.3 Å². The Hall–Kier alpha value is 0.0543. The van der Waals surface area contributed by atoms with Crippen molar-refractivity contribution in [3.63, 3.8) is 0 Å². The summed E-state index contributed by atoms with van der Waals surface area (Å²) >= 11 is 0. The van der Waals surface area contributed by atoms with Crippen LogP contribution in [-0.2, 0) is 31.3 Å². The number of hydrogen-bond donors (Lipinski definition) is 0. The van der Waals surface area contributed by atoms with Crippen molar-refractivity contribution in [3.05, 3.63) is 0 Å². The van der Waals surface area contributed by atoms with Gasteiger partial charge in [-0.1, -0.05) is 6.42 Å². The van der Waals surface area contributed by atoms with Crippen LogP contribution in [0, 0.1) is 0 Å². The van der Waals surface area contributed by atoms with E-state index >= 15 is 0 Å². The molecule has 50 valence electrons. The Balaban J connectivity index is 0. The van der Waals surface area contributed by atoms with Crippen LogP contribution < -0.4 is 0 Å². The van der Waals surface area contributed by atoms with E-state index in [2.05, 4.69) is 0 Å². The molecule has 0 aliphatic heterocycles. The minimum absolute atomic E-state index is 0. The Morgan fingerprint density at radius 3 is 2.44 bits per heavy atom. The summed E-state index contributed by atoms with van der Waals surface area (Å²) in [6, 6.07) is 0. The first-order valence-corrected chi connectivity index (χ1v) is 2.62. The number of unbranched alkanes of at least 4 members (excludes halogenated alkanes) is 1. The van der Waals surface area contributed by atoms with E-state index in [1.807, 2.05) is 0 Å². The van der Waals surface area contributed by atoms with Crippen LogP contribution in [0.2, 0.25) is 0 Å². The first kappa shape index (κ1) is 11.8. The molecule has 0 bridgehead atoms. The van der Waals surface area contributed by atoms with Crippen molar-refractivity contribution in [2.75, 3.05) is 0 Å². The van der Waals surface area contributed by atoms with Crippen LogP contribution in [0.3, 0.4) is 0 Å². The Morgan fingerprint density at radius 1 is 1.56 bits per heavy atom. The number of rotatable bonds is 4. The zero-order valence-corrected chi connectivity index (χ0v) is 7.00. The molecule has 0 fully saturated rings. The standard InChI is InChI=1S/C6H9O2.Ti/c1-6(8)4-2-3-5-7;/h2-4H2,1H3;/q-1;. The molecule has 0 heterocycles. The third-order valence-electron chi connectivity index (χ3n) is 0.808. The summed E-state index contributed by atoms with van der Waals surface area (Å²) in [5, 5.41) is 0. The molecular formula is C6H9O2Ti-. The van der Waals surface area contributed by atoms with E-state index in [0.717, 1.165) is 0 Å². The zero-order valence-electron chi connectivity index (χ0n) is 5.44.